The lowest BCUT2D eigenvalue weighted by atomic mass is 10.1. The summed E-state index contributed by atoms with van der Waals surface area (Å²) in [6.07, 6.45) is 2.14. The lowest BCUT2D eigenvalue weighted by Gasteiger charge is -1.96. The van der Waals surface area contributed by atoms with Crippen LogP contribution in [0.15, 0.2) is 29.3 Å². The molecule has 0 atom stereocenters. The third kappa shape index (κ3) is 2.36. The van der Waals surface area contributed by atoms with Gasteiger partial charge in [0.25, 0.3) is 5.91 Å². The average molecular weight is 175 g/mol. The Morgan fingerprint density at radius 3 is 2.46 bits per heavy atom. The van der Waals surface area contributed by atoms with E-state index in [0.29, 0.717) is 5.56 Å². The van der Waals surface area contributed by atoms with Crippen molar-refractivity contribution in [2.45, 2.75) is 13.3 Å². The van der Waals surface area contributed by atoms with Gasteiger partial charge in [-0.25, -0.2) is 4.79 Å². The highest BCUT2D eigenvalue weighted by atomic mass is 16.2. The van der Waals surface area contributed by atoms with Crippen molar-refractivity contribution in [1.29, 1.82) is 0 Å². The summed E-state index contributed by atoms with van der Waals surface area (Å²) in [7, 11) is 0. The quantitative estimate of drug-likeness (QED) is 0.507. The van der Waals surface area contributed by atoms with Crippen LogP contribution in [0, 0.1) is 0 Å². The molecule has 1 rings (SSSR count). The normalized spacial score (nSPS) is 9.00. The van der Waals surface area contributed by atoms with Gasteiger partial charge in [0.1, 0.15) is 0 Å². The lowest BCUT2D eigenvalue weighted by Crippen LogP contribution is -1.94. The standard InChI is InChI=1S/C10H9NO2/c1-2-8-3-5-9(6-4-8)10(13)11-7-12/h3-6H,2H2,1H3. The molecule has 1 aromatic rings. The van der Waals surface area contributed by atoms with Crippen LogP contribution >= 0.6 is 0 Å². The van der Waals surface area contributed by atoms with Crippen LogP contribution < -0.4 is 0 Å². The summed E-state index contributed by atoms with van der Waals surface area (Å²) in [6, 6.07) is 6.99. The zero-order chi connectivity index (χ0) is 9.68. The molecule has 0 radical (unpaired) electrons. The van der Waals surface area contributed by atoms with Gasteiger partial charge in [-0.3, -0.25) is 4.79 Å². The summed E-state index contributed by atoms with van der Waals surface area (Å²) in [4.78, 5) is 23.8. The highest BCUT2D eigenvalue weighted by Crippen LogP contribution is 2.05. The van der Waals surface area contributed by atoms with E-state index < -0.39 is 5.91 Å². The van der Waals surface area contributed by atoms with Crippen LogP contribution in [0.1, 0.15) is 22.8 Å². The highest BCUT2D eigenvalue weighted by Gasteiger charge is 2.01. The SMILES string of the molecule is CCc1ccc(C(=O)N=C=O)cc1. The second-order valence-corrected chi connectivity index (χ2v) is 2.56. The Balaban J connectivity index is 2.92. The number of benzene rings is 1. The second kappa shape index (κ2) is 4.33. The minimum atomic E-state index is -0.544. The Kier molecular flexibility index (Phi) is 3.12. The number of carbonyl (C=O) groups excluding carboxylic acids is 2. The van der Waals surface area contributed by atoms with Crippen molar-refractivity contribution in [3.63, 3.8) is 0 Å². The topological polar surface area (TPSA) is 46.5 Å². The van der Waals surface area contributed by atoms with Crippen molar-refractivity contribution in [2.24, 2.45) is 4.99 Å². The summed E-state index contributed by atoms with van der Waals surface area (Å²) in [5.41, 5.74) is 1.56. The number of hydrogen-bond acceptors (Lipinski definition) is 2. The van der Waals surface area contributed by atoms with Gasteiger partial charge in [-0.15, -0.1) is 4.99 Å². The van der Waals surface area contributed by atoms with Crippen LogP contribution in [0.25, 0.3) is 0 Å². The third-order valence-electron chi connectivity index (χ3n) is 1.76. The molecular formula is C10H9NO2. The summed E-state index contributed by atoms with van der Waals surface area (Å²) < 4.78 is 0. The molecule has 13 heavy (non-hydrogen) atoms. The van der Waals surface area contributed by atoms with Gasteiger partial charge in [0.05, 0.1) is 0 Å². The fraction of sp³-hybridized carbons (Fsp3) is 0.200. The van der Waals surface area contributed by atoms with E-state index >= 15 is 0 Å². The van der Waals surface area contributed by atoms with Gasteiger partial charge >= 0.3 is 0 Å². The van der Waals surface area contributed by atoms with E-state index in [0.717, 1.165) is 12.0 Å². The highest BCUT2D eigenvalue weighted by molar-refractivity contribution is 5.97. The number of carbonyl (C=O) groups is 1. The molecule has 0 aliphatic carbocycles. The van der Waals surface area contributed by atoms with Crippen molar-refractivity contribution in [2.75, 3.05) is 0 Å². The maximum Gasteiger partial charge on any atom is 0.287 e. The minimum Gasteiger partial charge on any atom is -0.266 e. The van der Waals surface area contributed by atoms with Gasteiger partial charge in [0.15, 0.2) is 0 Å². The zero-order valence-electron chi connectivity index (χ0n) is 7.28. The summed E-state index contributed by atoms with van der Waals surface area (Å²) in [6.45, 7) is 2.03. The van der Waals surface area contributed by atoms with Crippen molar-refractivity contribution in [3.8, 4) is 0 Å². The molecule has 0 saturated carbocycles. The number of hydrogen-bond donors (Lipinski definition) is 0. The minimum absolute atomic E-state index is 0.417. The largest absolute Gasteiger partial charge is 0.287 e. The first-order chi connectivity index (χ1) is 6.27. The Labute approximate surface area is 76.1 Å². The monoisotopic (exact) mass is 175 g/mol. The predicted molar refractivity (Wildman–Crippen MR) is 48.3 cm³/mol. The summed E-state index contributed by atoms with van der Waals surface area (Å²) >= 11 is 0. The van der Waals surface area contributed by atoms with Crippen LogP contribution in [0.2, 0.25) is 0 Å². The van der Waals surface area contributed by atoms with E-state index in [1.807, 2.05) is 19.1 Å². The predicted octanol–water partition coefficient (Wildman–Crippen LogP) is 1.72. The van der Waals surface area contributed by atoms with E-state index in [2.05, 4.69) is 4.99 Å². The molecule has 3 nitrogen and oxygen atoms in total. The van der Waals surface area contributed by atoms with Gasteiger partial charge in [-0.2, -0.15) is 0 Å². The second-order valence-electron chi connectivity index (χ2n) is 2.56. The molecule has 0 spiro atoms. The van der Waals surface area contributed by atoms with Crippen molar-refractivity contribution < 1.29 is 9.59 Å². The number of aryl methyl sites for hydroxylation is 1. The van der Waals surface area contributed by atoms with Crippen LogP contribution in [-0.2, 0) is 11.2 Å². The summed E-state index contributed by atoms with van der Waals surface area (Å²) in [5, 5.41) is 0. The van der Waals surface area contributed by atoms with E-state index in [1.165, 1.54) is 6.08 Å². The molecule has 0 aliphatic rings. The van der Waals surface area contributed by atoms with E-state index in [4.69, 9.17) is 0 Å². The van der Waals surface area contributed by atoms with Crippen LogP contribution in [-0.4, -0.2) is 12.0 Å². The molecule has 0 aromatic heterocycles. The third-order valence-corrected chi connectivity index (χ3v) is 1.76. The van der Waals surface area contributed by atoms with Gasteiger partial charge in [-0.1, -0.05) is 19.1 Å². The van der Waals surface area contributed by atoms with Crippen LogP contribution in [0.5, 0.6) is 0 Å². The molecular weight excluding hydrogens is 166 g/mol. The Morgan fingerprint density at radius 1 is 1.38 bits per heavy atom. The molecule has 66 valence electrons. The fourth-order valence-electron chi connectivity index (χ4n) is 0.989. The van der Waals surface area contributed by atoms with Gasteiger partial charge < -0.3 is 0 Å². The molecule has 0 fully saturated rings. The van der Waals surface area contributed by atoms with Gasteiger partial charge in [0, 0.05) is 5.56 Å². The Bertz CT molecular complexity index is 348. The molecule has 1 amide bonds. The number of rotatable bonds is 2. The molecule has 3 heteroatoms. The van der Waals surface area contributed by atoms with E-state index in [1.54, 1.807) is 12.1 Å². The van der Waals surface area contributed by atoms with E-state index in [9.17, 15) is 9.59 Å². The maximum atomic E-state index is 11.0. The Hall–Kier alpha value is -1.73. The number of amides is 1. The molecule has 0 saturated heterocycles. The van der Waals surface area contributed by atoms with Crippen molar-refractivity contribution in [3.05, 3.63) is 35.4 Å². The Morgan fingerprint density at radius 2 is 2.00 bits per heavy atom. The van der Waals surface area contributed by atoms with Gasteiger partial charge in [-0.05, 0) is 24.1 Å². The van der Waals surface area contributed by atoms with E-state index in [-0.39, 0.29) is 0 Å². The average Bonchev–Trinajstić information content (AvgIpc) is 2.18. The van der Waals surface area contributed by atoms with Crippen molar-refractivity contribution >= 4 is 12.0 Å². The number of aliphatic imine (C=N–C) groups is 1. The number of nitrogens with zero attached hydrogens (tertiary/aromatic N) is 1. The molecule has 0 bridgehead atoms. The lowest BCUT2D eigenvalue weighted by molar-refractivity contribution is 0.100. The first-order valence-electron chi connectivity index (χ1n) is 3.99. The number of isocyanates is 1. The molecule has 0 heterocycles. The smallest absolute Gasteiger partial charge is 0.266 e. The molecule has 1 aromatic carbocycles. The molecule has 0 unspecified atom stereocenters. The van der Waals surface area contributed by atoms with Gasteiger partial charge in [0.2, 0.25) is 6.08 Å². The fourth-order valence-corrected chi connectivity index (χ4v) is 0.989. The zero-order valence-corrected chi connectivity index (χ0v) is 7.28. The molecule has 0 aliphatic heterocycles. The van der Waals surface area contributed by atoms with Crippen LogP contribution in [0.3, 0.4) is 0 Å². The first-order valence-corrected chi connectivity index (χ1v) is 3.99. The molecule has 0 N–H and O–H groups in total. The van der Waals surface area contributed by atoms with Crippen LogP contribution in [0.4, 0.5) is 0 Å². The van der Waals surface area contributed by atoms with Crippen molar-refractivity contribution in [1.82, 2.24) is 0 Å². The summed E-state index contributed by atoms with van der Waals surface area (Å²) in [5.74, 6) is -0.544. The first kappa shape index (κ1) is 9.36. The maximum absolute atomic E-state index is 11.0.